The quantitative estimate of drug-likeness (QED) is 0.824. The Hall–Kier alpha value is -0.890. The summed E-state index contributed by atoms with van der Waals surface area (Å²) in [7, 11) is 0. The first-order chi connectivity index (χ1) is 9.47. The van der Waals surface area contributed by atoms with Gasteiger partial charge in [0.25, 0.3) is 0 Å². The van der Waals surface area contributed by atoms with Gasteiger partial charge >= 0.3 is 0 Å². The number of hydrogen-bond donors (Lipinski definition) is 1. The van der Waals surface area contributed by atoms with Crippen molar-refractivity contribution < 1.29 is 0 Å². The lowest BCUT2D eigenvalue weighted by Gasteiger charge is -2.30. The van der Waals surface area contributed by atoms with E-state index in [1.54, 1.807) is 0 Å². The smallest absolute Gasteiger partial charge is 0.0305 e. The zero-order valence-corrected chi connectivity index (χ0v) is 13.6. The van der Waals surface area contributed by atoms with Gasteiger partial charge in [0.2, 0.25) is 0 Å². The summed E-state index contributed by atoms with van der Waals surface area (Å²) < 4.78 is 0. The highest BCUT2D eigenvalue weighted by Crippen LogP contribution is 2.37. The predicted molar refractivity (Wildman–Crippen MR) is 86.0 cm³/mol. The van der Waals surface area contributed by atoms with E-state index in [2.05, 4.69) is 50.3 Å². The number of aromatic nitrogens is 1. The summed E-state index contributed by atoms with van der Waals surface area (Å²) in [6.07, 6.45) is 10.8. The van der Waals surface area contributed by atoms with Gasteiger partial charge in [-0.25, -0.2) is 0 Å². The van der Waals surface area contributed by atoms with Gasteiger partial charge in [-0.2, -0.15) is 0 Å². The van der Waals surface area contributed by atoms with Gasteiger partial charge in [0, 0.05) is 17.9 Å². The summed E-state index contributed by atoms with van der Waals surface area (Å²) in [6.45, 7) is 10.1. The maximum Gasteiger partial charge on any atom is 0.0305 e. The highest BCUT2D eigenvalue weighted by Gasteiger charge is 2.27. The number of aryl methyl sites for hydroxylation is 1. The van der Waals surface area contributed by atoms with E-state index in [4.69, 9.17) is 0 Å². The van der Waals surface area contributed by atoms with E-state index in [0.29, 0.717) is 5.92 Å². The van der Waals surface area contributed by atoms with Crippen LogP contribution in [0.1, 0.15) is 69.9 Å². The van der Waals surface area contributed by atoms with Crippen molar-refractivity contribution in [3.05, 3.63) is 29.6 Å². The minimum Gasteiger partial charge on any atom is -0.312 e. The van der Waals surface area contributed by atoms with E-state index < -0.39 is 0 Å². The Morgan fingerprint density at radius 3 is 2.65 bits per heavy atom. The van der Waals surface area contributed by atoms with Gasteiger partial charge in [-0.3, -0.25) is 4.98 Å². The first-order valence-electron chi connectivity index (χ1n) is 8.13. The highest BCUT2D eigenvalue weighted by molar-refractivity contribution is 5.26. The van der Waals surface area contributed by atoms with Crippen LogP contribution in [0.4, 0.5) is 0 Å². The van der Waals surface area contributed by atoms with Crippen molar-refractivity contribution in [1.82, 2.24) is 10.3 Å². The van der Waals surface area contributed by atoms with Gasteiger partial charge in [0.05, 0.1) is 0 Å². The normalized spacial score (nSPS) is 24.4. The molecular formula is C18H30N2. The van der Waals surface area contributed by atoms with Crippen LogP contribution in [-0.2, 0) is 0 Å². The van der Waals surface area contributed by atoms with Crippen LogP contribution in [0.3, 0.4) is 0 Å². The average Bonchev–Trinajstić information content (AvgIpc) is 2.61. The Balaban J connectivity index is 2.15. The summed E-state index contributed by atoms with van der Waals surface area (Å²) >= 11 is 0. The molecule has 2 rings (SSSR count). The number of nitrogens with one attached hydrogen (secondary N) is 1. The lowest BCUT2D eigenvalue weighted by atomic mass is 9.81. The molecule has 1 heterocycles. The SMILES string of the molecule is Cc1ccncc1C1CCCCCC1CNC(C)(C)C. The van der Waals surface area contributed by atoms with Crippen molar-refractivity contribution in [1.29, 1.82) is 0 Å². The standard InChI is InChI=1S/C18H30N2/c1-14-10-11-19-13-17(14)16-9-7-5-6-8-15(16)12-20-18(2,3)4/h10-11,13,15-16,20H,5-9,12H2,1-4H3. The van der Waals surface area contributed by atoms with Gasteiger partial charge in [-0.15, -0.1) is 0 Å². The van der Waals surface area contributed by atoms with Gasteiger partial charge in [0.1, 0.15) is 0 Å². The lowest BCUT2D eigenvalue weighted by molar-refractivity contribution is 0.321. The fourth-order valence-electron chi connectivity index (χ4n) is 3.34. The molecular weight excluding hydrogens is 244 g/mol. The molecule has 1 aliphatic carbocycles. The van der Waals surface area contributed by atoms with Gasteiger partial charge in [-0.05, 0) is 76.1 Å². The Morgan fingerprint density at radius 2 is 1.95 bits per heavy atom. The van der Waals surface area contributed by atoms with Crippen LogP contribution in [0, 0.1) is 12.8 Å². The Labute approximate surface area is 124 Å². The van der Waals surface area contributed by atoms with Crippen LogP contribution in [-0.4, -0.2) is 17.1 Å². The van der Waals surface area contributed by atoms with E-state index in [9.17, 15) is 0 Å². The molecule has 2 nitrogen and oxygen atoms in total. The Bertz CT molecular complexity index is 420. The first kappa shape index (κ1) is 15.5. The summed E-state index contributed by atoms with van der Waals surface area (Å²) in [5, 5.41) is 3.72. The molecule has 0 aliphatic heterocycles. The van der Waals surface area contributed by atoms with E-state index >= 15 is 0 Å². The van der Waals surface area contributed by atoms with Crippen LogP contribution in [0.2, 0.25) is 0 Å². The minimum atomic E-state index is 0.209. The monoisotopic (exact) mass is 274 g/mol. The molecule has 112 valence electrons. The average molecular weight is 274 g/mol. The molecule has 2 heteroatoms. The molecule has 0 spiro atoms. The van der Waals surface area contributed by atoms with Crippen LogP contribution in [0.15, 0.2) is 18.5 Å². The minimum absolute atomic E-state index is 0.209. The molecule has 1 fully saturated rings. The van der Waals surface area contributed by atoms with Crippen molar-refractivity contribution in [2.45, 2.75) is 71.3 Å². The van der Waals surface area contributed by atoms with E-state index in [-0.39, 0.29) is 5.54 Å². The molecule has 1 N–H and O–H groups in total. The third kappa shape index (κ3) is 4.31. The summed E-state index contributed by atoms with van der Waals surface area (Å²) in [5.74, 6) is 1.43. The summed E-state index contributed by atoms with van der Waals surface area (Å²) in [6, 6.07) is 2.16. The Kier molecular flexibility index (Phi) is 5.20. The first-order valence-corrected chi connectivity index (χ1v) is 8.13. The summed E-state index contributed by atoms with van der Waals surface area (Å²) in [4.78, 5) is 4.37. The molecule has 1 aromatic heterocycles. The van der Waals surface area contributed by atoms with Crippen LogP contribution < -0.4 is 5.32 Å². The molecule has 0 saturated heterocycles. The van der Waals surface area contributed by atoms with Crippen LogP contribution in [0.25, 0.3) is 0 Å². The van der Waals surface area contributed by atoms with Gasteiger partial charge in [0.15, 0.2) is 0 Å². The number of pyridine rings is 1. The third-order valence-electron chi connectivity index (χ3n) is 4.53. The maximum absolute atomic E-state index is 4.37. The number of hydrogen-bond acceptors (Lipinski definition) is 2. The van der Waals surface area contributed by atoms with Crippen LogP contribution >= 0.6 is 0 Å². The molecule has 1 saturated carbocycles. The predicted octanol–water partition coefficient (Wildman–Crippen LogP) is 4.44. The molecule has 1 aromatic rings. The lowest BCUT2D eigenvalue weighted by Crippen LogP contribution is -2.40. The van der Waals surface area contributed by atoms with Crippen molar-refractivity contribution in [2.75, 3.05) is 6.54 Å². The van der Waals surface area contributed by atoms with E-state index in [1.807, 2.05) is 6.20 Å². The second-order valence-corrected chi connectivity index (χ2v) is 7.37. The van der Waals surface area contributed by atoms with E-state index in [1.165, 1.54) is 43.2 Å². The zero-order chi connectivity index (χ0) is 14.6. The van der Waals surface area contributed by atoms with Gasteiger partial charge < -0.3 is 5.32 Å². The molecule has 20 heavy (non-hydrogen) atoms. The van der Waals surface area contributed by atoms with Crippen molar-refractivity contribution in [3.8, 4) is 0 Å². The second-order valence-electron chi connectivity index (χ2n) is 7.37. The maximum atomic E-state index is 4.37. The van der Waals surface area contributed by atoms with Gasteiger partial charge in [-0.1, -0.05) is 19.3 Å². The number of nitrogens with zero attached hydrogens (tertiary/aromatic N) is 1. The molecule has 2 unspecified atom stereocenters. The van der Waals surface area contributed by atoms with Crippen molar-refractivity contribution in [2.24, 2.45) is 5.92 Å². The fourth-order valence-corrected chi connectivity index (χ4v) is 3.34. The van der Waals surface area contributed by atoms with Crippen LogP contribution in [0.5, 0.6) is 0 Å². The molecule has 0 amide bonds. The molecule has 0 bridgehead atoms. The summed E-state index contributed by atoms with van der Waals surface area (Å²) in [5.41, 5.74) is 3.10. The molecule has 2 atom stereocenters. The topological polar surface area (TPSA) is 24.9 Å². The third-order valence-corrected chi connectivity index (χ3v) is 4.53. The second kappa shape index (κ2) is 6.71. The number of rotatable bonds is 3. The molecule has 0 radical (unpaired) electrons. The van der Waals surface area contributed by atoms with Crippen molar-refractivity contribution in [3.63, 3.8) is 0 Å². The van der Waals surface area contributed by atoms with Crippen molar-refractivity contribution >= 4 is 0 Å². The fraction of sp³-hybridized carbons (Fsp3) is 0.722. The largest absolute Gasteiger partial charge is 0.312 e. The molecule has 1 aliphatic rings. The molecule has 0 aromatic carbocycles. The Morgan fingerprint density at radius 1 is 1.20 bits per heavy atom. The zero-order valence-electron chi connectivity index (χ0n) is 13.6. The highest BCUT2D eigenvalue weighted by atomic mass is 14.9. The van der Waals surface area contributed by atoms with E-state index in [0.717, 1.165) is 12.5 Å².